The van der Waals surface area contributed by atoms with Gasteiger partial charge in [-0.1, -0.05) is 0 Å². The summed E-state index contributed by atoms with van der Waals surface area (Å²) in [5.41, 5.74) is -0.0487. The van der Waals surface area contributed by atoms with Crippen molar-refractivity contribution in [2.24, 2.45) is 0 Å². The zero-order chi connectivity index (χ0) is 13.1. The Hall–Kier alpha value is -2.17. The van der Waals surface area contributed by atoms with Crippen molar-refractivity contribution in [2.45, 2.75) is 12.1 Å². The highest BCUT2D eigenvalue weighted by Gasteiger charge is 2.34. The second kappa shape index (κ2) is 4.78. The van der Waals surface area contributed by atoms with Crippen LogP contribution in [0, 0.1) is 11.3 Å². The highest BCUT2D eigenvalue weighted by Crippen LogP contribution is 2.26. The molecule has 0 saturated carbocycles. The maximum Gasteiger partial charge on any atom is 0.451 e. The Morgan fingerprint density at radius 3 is 2.35 bits per heavy atom. The molecule has 1 heterocycles. The van der Waals surface area contributed by atoms with Gasteiger partial charge in [0.1, 0.15) is 0 Å². The van der Waals surface area contributed by atoms with Crippen LogP contribution in [0.1, 0.15) is 17.3 Å². The van der Waals surface area contributed by atoms with E-state index in [9.17, 15) is 18.0 Å². The zero-order valence-electron chi connectivity index (χ0n) is 8.52. The number of rotatable bonds is 2. The number of methoxy groups -OCH3 is 1. The quantitative estimate of drug-likeness (QED) is 0.733. The molecule has 0 saturated heterocycles. The van der Waals surface area contributed by atoms with Gasteiger partial charge in [-0.2, -0.15) is 18.4 Å². The lowest BCUT2D eigenvalue weighted by Gasteiger charge is -2.08. The highest BCUT2D eigenvalue weighted by molar-refractivity contribution is 5.80. The van der Waals surface area contributed by atoms with Gasteiger partial charge in [0.05, 0.1) is 13.2 Å². The number of nitrogens with zero attached hydrogens (tertiary/aromatic N) is 3. The van der Waals surface area contributed by atoms with Crippen molar-refractivity contribution in [1.29, 1.82) is 5.26 Å². The van der Waals surface area contributed by atoms with Gasteiger partial charge in [0.2, 0.25) is 5.82 Å². The van der Waals surface area contributed by atoms with Crippen molar-refractivity contribution in [3.05, 3.63) is 23.8 Å². The molecular weight excluding hydrogens is 239 g/mol. The summed E-state index contributed by atoms with van der Waals surface area (Å²) in [6, 6.07) is 1.59. The van der Waals surface area contributed by atoms with E-state index in [1.54, 1.807) is 6.07 Å². The number of esters is 1. The number of aromatic nitrogens is 2. The van der Waals surface area contributed by atoms with E-state index in [-0.39, 0.29) is 5.56 Å². The number of carbonyl (C=O) groups is 1. The van der Waals surface area contributed by atoms with Crippen LogP contribution in [0.15, 0.2) is 12.4 Å². The van der Waals surface area contributed by atoms with Gasteiger partial charge in [-0.05, 0) is 0 Å². The van der Waals surface area contributed by atoms with Gasteiger partial charge in [0.25, 0.3) is 0 Å². The molecule has 1 aromatic heterocycles. The molecule has 0 bridgehead atoms. The first-order chi connectivity index (χ1) is 7.90. The van der Waals surface area contributed by atoms with Gasteiger partial charge in [-0.15, -0.1) is 0 Å². The summed E-state index contributed by atoms with van der Waals surface area (Å²) in [4.78, 5) is 17.2. The summed E-state index contributed by atoms with van der Waals surface area (Å²) in [6.45, 7) is 0. The molecule has 0 N–H and O–H groups in total. The van der Waals surface area contributed by atoms with Gasteiger partial charge in [-0.3, -0.25) is 4.79 Å². The van der Waals surface area contributed by atoms with Crippen molar-refractivity contribution in [3.8, 4) is 6.07 Å². The normalized spacial score (nSPS) is 12.6. The van der Waals surface area contributed by atoms with Crippen molar-refractivity contribution in [2.75, 3.05) is 7.11 Å². The first kappa shape index (κ1) is 12.9. The largest absolute Gasteiger partial charge is 0.468 e. The third-order valence-electron chi connectivity index (χ3n) is 1.82. The molecule has 5 nitrogen and oxygen atoms in total. The third-order valence-corrected chi connectivity index (χ3v) is 1.82. The van der Waals surface area contributed by atoms with Crippen LogP contribution in [0.3, 0.4) is 0 Å². The molecule has 0 aliphatic rings. The smallest absolute Gasteiger partial charge is 0.451 e. The Bertz CT molecular complexity index is 450. The molecule has 0 aromatic carbocycles. The summed E-state index contributed by atoms with van der Waals surface area (Å²) in [5.74, 6) is -3.54. The van der Waals surface area contributed by atoms with E-state index in [0.717, 1.165) is 19.5 Å². The number of alkyl halides is 3. The van der Waals surface area contributed by atoms with E-state index in [1.165, 1.54) is 0 Å². The Morgan fingerprint density at radius 1 is 1.47 bits per heavy atom. The van der Waals surface area contributed by atoms with E-state index in [0.29, 0.717) is 0 Å². The van der Waals surface area contributed by atoms with E-state index < -0.39 is 23.9 Å². The fraction of sp³-hybridized carbons (Fsp3) is 0.333. The number of carbonyl (C=O) groups excluding carboxylic acids is 1. The minimum absolute atomic E-state index is 0.0487. The fourth-order valence-corrected chi connectivity index (χ4v) is 1.01. The maximum absolute atomic E-state index is 12.1. The topological polar surface area (TPSA) is 75.9 Å². The number of hydrogen-bond acceptors (Lipinski definition) is 5. The van der Waals surface area contributed by atoms with E-state index >= 15 is 0 Å². The van der Waals surface area contributed by atoms with E-state index in [1.807, 2.05) is 0 Å². The lowest BCUT2D eigenvalue weighted by Crippen LogP contribution is -2.15. The Morgan fingerprint density at radius 2 is 2.00 bits per heavy atom. The number of nitriles is 1. The molecule has 17 heavy (non-hydrogen) atoms. The van der Waals surface area contributed by atoms with Gasteiger partial charge < -0.3 is 4.74 Å². The molecule has 0 unspecified atom stereocenters. The van der Waals surface area contributed by atoms with Crippen LogP contribution >= 0.6 is 0 Å². The Labute approximate surface area is 93.9 Å². The van der Waals surface area contributed by atoms with Crippen LogP contribution in [-0.4, -0.2) is 23.0 Å². The molecule has 1 aromatic rings. The highest BCUT2D eigenvalue weighted by atomic mass is 19.4. The van der Waals surface area contributed by atoms with Crippen molar-refractivity contribution >= 4 is 5.97 Å². The van der Waals surface area contributed by atoms with Crippen molar-refractivity contribution in [3.63, 3.8) is 0 Å². The number of hydrogen-bond donors (Lipinski definition) is 0. The monoisotopic (exact) mass is 245 g/mol. The molecule has 1 rings (SSSR count). The summed E-state index contributed by atoms with van der Waals surface area (Å²) in [5, 5.41) is 8.68. The van der Waals surface area contributed by atoms with Crippen LogP contribution < -0.4 is 0 Å². The molecule has 0 amide bonds. The molecule has 1 atom stereocenters. The van der Waals surface area contributed by atoms with E-state index in [4.69, 9.17) is 5.26 Å². The van der Waals surface area contributed by atoms with Crippen molar-refractivity contribution in [1.82, 2.24) is 9.97 Å². The Balaban J connectivity index is 3.02. The van der Waals surface area contributed by atoms with Gasteiger partial charge in [0, 0.05) is 18.0 Å². The molecule has 0 spiro atoms. The average molecular weight is 245 g/mol. The van der Waals surface area contributed by atoms with Crippen LogP contribution in [0.25, 0.3) is 0 Å². The zero-order valence-corrected chi connectivity index (χ0v) is 8.52. The molecule has 0 aliphatic carbocycles. The lowest BCUT2D eigenvalue weighted by atomic mass is 10.1. The summed E-state index contributed by atoms with van der Waals surface area (Å²) in [6.07, 6.45) is -3.10. The first-order valence-corrected chi connectivity index (χ1v) is 4.26. The van der Waals surface area contributed by atoms with Crippen LogP contribution in [0.2, 0.25) is 0 Å². The standard InChI is InChI=1S/C9H6F3N3O2/c1-17-7(16)6(2-13)5-3-14-8(15-4-5)9(10,11)12/h3-4,6H,1H3/t6-/m0/s1. The Kier molecular flexibility index (Phi) is 3.62. The van der Waals surface area contributed by atoms with E-state index in [2.05, 4.69) is 14.7 Å². The van der Waals surface area contributed by atoms with Gasteiger partial charge in [-0.25, -0.2) is 9.97 Å². The minimum Gasteiger partial charge on any atom is -0.468 e. The minimum atomic E-state index is -4.66. The predicted octanol–water partition coefficient (Wildman–Crippen LogP) is 1.28. The molecular formula is C9H6F3N3O2. The first-order valence-electron chi connectivity index (χ1n) is 4.26. The average Bonchev–Trinajstić information content (AvgIpc) is 2.29. The van der Waals surface area contributed by atoms with Crippen molar-refractivity contribution < 1.29 is 22.7 Å². The maximum atomic E-state index is 12.1. The predicted molar refractivity (Wildman–Crippen MR) is 47.4 cm³/mol. The summed E-state index contributed by atoms with van der Waals surface area (Å²) in [7, 11) is 1.07. The number of halogens is 3. The summed E-state index contributed by atoms with van der Waals surface area (Å²) < 4.78 is 40.8. The van der Waals surface area contributed by atoms with Crippen LogP contribution in [0.5, 0.6) is 0 Å². The molecule has 0 fully saturated rings. The number of ether oxygens (including phenoxy) is 1. The van der Waals surface area contributed by atoms with Gasteiger partial charge in [0.15, 0.2) is 5.92 Å². The summed E-state index contributed by atoms with van der Waals surface area (Å²) >= 11 is 0. The fourth-order valence-electron chi connectivity index (χ4n) is 1.01. The molecule has 90 valence electrons. The van der Waals surface area contributed by atoms with Crippen LogP contribution in [-0.2, 0) is 15.7 Å². The van der Waals surface area contributed by atoms with Crippen LogP contribution in [0.4, 0.5) is 13.2 Å². The SMILES string of the molecule is COC(=O)[C@@H](C#N)c1cnc(C(F)(F)F)nc1. The second-order valence-electron chi connectivity index (χ2n) is 2.92. The molecule has 0 aliphatic heterocycles. The van der Waals surface area contributed by atoms with Gasteiger partial charge >= 0.3 is 12.1 Å². The molecule has 0 radical (unpaired) electrons. The molecule has 8 heteroatoms. The lowest BCUT2D eigenvalue weighted by molar-refractivity contribution is -0.145. The third kappa shape index (κ3) is 2.90. The second-order valence-corrected chi connectivity index (χ2v) is 2.92.